The van der Waals surface area contributed by atoms with Gasteiger partial charge in [0, 0.05) is 25.1 Å². The van der Waals surface area contributed by atoms with Crippen molar-refractivity contribution in [1.29, 1.82) is 0 Å². The monoisotopic (exact) mass is 301 g/mol. The van der Waals surface area contributed by atoms with Gasteiger partial charge in [0.2, 0.25) is 0 Å². The Balaban J connectivity index is 1.56. The summed E-state index contributed by atoms with van der Waals surface area (Å²) in [5.74, 6) is 1.55. The lowest BCUT2D eigenvalue weighted by atomic mass is 10.0. The molecule has 0 aromatic heterocycles. The Morgan fingerprint density at radius 3 is 2.95 bits per heavy atom. The van der Waals surface area contributed by atoms with Crippen LogP contribution >= 0.6 is 0 Å². The number of guanidine groups is 1. The zero-order valence-corrected chi connectivity index (χ0v) is 13.6. The molecule has 4 heteroatoms. The Labute approximate surface area is 133 Å². The highest BCUT2D eigenvalue weighted by Crippen LogP contribution is 2.42. The van der Waals surface area contributed by atoms with Crippen LogP contribution in [0.1, 0.15) is 43.2 Å². The van der Waals surface area contributed by atoms with Crippen LogP contribution in [0, 0.1) is 6.92 Å². The zero-order chi connectivity index (χ0) is 15.4. The van der Waals surface area contributed by atoms with Gasteiger partial charge in [0.05, 0.1) is 12.6 Å². The van der Waals surface area contributed by atoms with Crippen molar-refractivity contribution >= 4 is 5.96 Å². The van der Waals surface area contributed by atoms with Crippen LogP contribution in [0.25, 0.3) is 0 Å². The molecule has 2 fully saturated rings. The first kappa shape index (κ1) is 15.3. The Kier molecular flexibility index (Phi) is 4.98. The number of hydrogen-bond acceptors (Lipinski definition) is 2. The molecule has 120 valence electrons. The SMILES string of the molecule is CCNC(=NCC1CCCO1)NC1CC1c1ccccc1C. The molecule has 1 saturated carbocycles. The Bertz CT molecular complexity index is 523. The summed E-state index contributed by atoms with van der Waals surface area (Å²) in [4.78, 5) is 4.70. The summed E-state index contributed by atoms with van der Waals surface area (Å²) in [6.45, 7) is 6.84. The summed E-state index contributed by atoms with van der Waals surface area (Å²) in [5.41, 5.74) is 2.85. The quantitative estimate of drug-likeness (QED) is 0.649. The van der Waals surface area contributed by atoms with Crippen molar-refractivity contribution in [2.75, 3.05) is 19.7 Å². The normalized spacial score (nSPS) is 27.7. The van der Waals surface area contributed by atoms with Gasteiger partial charge in [-0.3, -0.25) is 4.99 Å². The number of ether oxygens (including phenoxy) is 1. The standard InChI is InChI=1S/C18H27N3O/c1-3-19-18(20-12-14-8-6-10-22-14)21-17-11-16(17)15-9-5-4-7-13(15)2/h4-5,7,9,14,16-17H,3,6,8,10-12H2,1-2H3,(H2,19,20,21). The average Bonchev–Trinajstić information content (AvgIpc) is 3.07. The van der Waals surface area contributed by atoms with E-state index in [1.54, 1.807) is 0 Å². The first-order chi connectivity index (χ1) is 10.8. The zero-order valence-electron chi connectivity index (χ0n) is 13.6. The second kappa shape index (κ2) is 7.14. The van der Waals surface area contributed by atoms with Crippen molar-refractivity contribution in [2.45, 2.75) is 51.2 Å². The van der Waals surface area contributed by atoms with Gasteiger partial charge >= 0.3 is 0 Å². The highest BCUT2D eigenvalue weighted by atomic mass is 16.5. The molecule has 22 heavy (non-hydrogen) atoms. The van der Waals surface area contributed by atoms with Crippen LogP contribution in [0.3, 0.4) is 0 Å². The predicted molar refractivity (Wildman–Crippen MR) is 90.4 cm³/mol. The molecule has 0 radical (unpaired) electrons. The van der Waals surface area contributed by atoms with Crippen LogP contribution in [-0.2, 0) is 4.74 Å². The second-order valence-electron chi connectivity index (χ2n) is 6.30. The van der Waals surface area contributed by atoms with E-state index in [4.69, 9.17) is 9.73 Å². The third-order valence-corrected chi connectivity index (χ3v) is 4.52. The van der Waals surface area contributed by atoms with Gasteiger partial charge < -0.3 is 15.4 Å². The van der Waals surface area contributed by atoms with Crippen LogP contribution in [0.4, 0.5) is 0 Å². The maximum atomic E-state index is 5.65. The van der Waals surface area contributed by atoms with E-state index in [-0.39, 0.29) is 0 Å². The Morgan fingerprint density at radius 1 is 1.36 bits per heavy atom. The number of hydrogen-bond donors (Lipinski definition) is 2. The average molecular weight is 301 g/mol. The summed E-state index contributed by atoms with van der Waals surface area (Å²) in [7, 11) is 0. The molecule has 0 amide bonds. The van der Waals surface area contributed by atoms with E-state index in [9.17, 15) is 0 Å². The largest absolute Gasteiger partial charge is 0.376 e. The maximum absolute atomic E-state index is 5.65. The molecular formula is C18H27N3O. The summed E-state index contributed by atoms with van der Waals surface area (Å²) in [6, 6.07) is 9.19. The summed E-state index contributed by atoms with van der Waals surface area (Å²) in [5, 5.41) is 6.92. The maximum Gasteiger partial charge on any atom is 0.191 e. The van der Waals surface area contributed by atoms with Crippen molar-refractivity contribution < 1.29 is 4.74 Å². The van der Waals surface area contributed by atoms with Gasteiger partial charge in [-0.1, -0.05) is 24.3 Å². The first-order valence-corrected chi connectivity index (χ1v) is 8.50. The van der Waals surface area contributed by atoms with Crippen LogP contribution in [0.5, 0.6) is 0 Å². The fraction of sp³-hybridized carbons (Fsp3) is 0.611. The van der Waals surface area contributed by atoms with Crippen LogP contribution in [0.2, 0.25) is 0 Å². The molecule has 4 nitrogen and oxygen atoms in total. The molecule has 1 aliphatic carbocycles. The minimum absolute atomic E-state index is 0.307. The number of nitrogens with zero attached hydrogens (tertiary/aromatic N) is 1. The smallest absolute Gasteiger partial charge is 0.191 e. The fourth-order valence-corrected chi connectivity index (χ4v) is 3.18. The van der Waals surface area contributed by atoms with Gasteiger partial charge in [-0.05, 0) is 44.2 Å². The van der Waals surface area contributed by atoms with Gasteiger partial charge in [-0.25, -0.2) is 0 Å². The lowest BCUT2D eigenvalue weighted by Crippen LogP contribution is -2.39. The Morgan fingerprint density at radius 2 is 2.23 bits per heavy atom. The molecule has 1 aliphatic heterocycles. The molecule has 1 aromatic rings. The molecule has 0 spiro atoms. The molecule has 3 unspecified atom stereocenters. The van der Waals surface area contributed by atoms with Crippen molar-refractivity contribution in [3.63, 3.8) is 0 Å². The van der Waals surface area contributed by atoms with E-state index in [0.29, 0.717) is 18.1 Å². The Hall–Kier alpha value is -1.55. The summed E-state index contributed by atoms with van der Waals surface area (Å²) < 4.78 is 5.65. The number of aliphatic imine (C=N–C) groups is 1. The molecule has 2 aliphatic rings. The van der Waals surface area contributed by atoms with Crippen LogP contribution in [0.15, 0.2) is 29.3 Å². The van der Waals surface area contributed by atoms with E-state index < -0.39 is 0 Å². The molecule has 1 aromatic carbocycles. The van der Waals surface area contributed by atoms with E-state index in [1.165, 1.54) is 24.0 Å². The predicted octanol–water partition coefficient (Wildman–Crippen LogP) is 2.59. The highest BCUT2D eigenvalue weighted by molar-refractivity contribution is 5.80. The van der Waals surface area contributed by atoms with Gasteiger partial charge in [0.1, 0.15) is 0 Å². The first-order valence-electron chi connectivity index (χ1n) is 8.50. The van der Waals surface area contributed by atoms with Gasteiger partial charge in [0.15, 0.2) is 5.96 Å². The highest BCUT2D eigenvalue weighted by Gasteiger charge is 2.39. The van der Waals surface area contributed by atoms with Crippen molar-refractivity contribution in [2.24, 2.45) is 4.99 Å². The molecule has 3 rings (SSSR count). The molecule has 2 N–H and O–H groups in total. The van der Waals surface area contributed by atoms with Crippen LogP contribution in [-0.4, -0.2) is 37.8 Å². The van der Waals surface area contributed by atoms with Crippen LogP contribution < -0.4 is 10.6 Å². The van der Waals surface area contributed by atoms with Gasteiger partial charge in [-0.2, -0.15) is 0 Å². The van der Waals surface area contributed by atoms with E-state index >= 15 is 0 Å². The van der Waals surface area contributed by atoms with Gasteiger partial charge in [-0.15, -0.1) is 0 Å². The molecular weight excluding hydrogens is 274 g/mol. The fourth-order valence-electron chi connectivity index (χ4n) is 3.18. The number of nitrogens with one attached hydrogen (secondary N) is 2. The minimum atomic E-state index is 0.307. The van der Waals surface area contributed by atoms with E-state index in [1.807, 2.05) is 0 Å². The molecule has 3 atom stereocenters. The third kappa shape index (κ3) is 3.80. The number of rotatable bonds is 5. The summed E-state index contributed by atoms with van der Waals surface area (Å²) in [6.07, 6.45) is 3.80. The van der Waals surface area contributed by atoms with Crippen molar-refractivity contribution in [1.82, 2.24) is 10.6 Å². The van der Waals surface area contributed by atoms with Gasteiger partial charge in [0.25, 0.3) is 0 Å². The lowest BCUT2D eigenvalue weighted by Gasteiger charge is -2.13. The molecule has 1 heterocycles. The van der Waals surface area contributed by atoms with Crippen molar-refractivity contribution in [3.8, 4) is 0 Å². The molecule has 1 saturated heterocycles. The van der Waals surface area contributed by atoms with Crippen molar-refractivity contribution in [3.05, 3.63) is 35.4 Å². The lowest BCUT2D eigenvalue weighted by molar-refractivity contribution is 0.117. The second-order valence-corrected chi connectivity index (χ2v) is 6.30. The third-order valence-electron chi connectivity index (χ3n) is 4.52. The minimum Gasteiger partial charge on any atom is -0.376 e. The summed E-state index contributed by atoms with van der Waals surface area (Å²) >= 11 is 0. The topological polar surface area (TPSA) is 45.7 Å². The molecule has 0 bridgehead atoms. The van der Waals surface area contributed by atoms with E-state index in [2.05, 4.69) is 48.7 Å². The number of aryl methyl sites for hydroxylation is 1. The number of benzene rings is 1. The van der Waals surface area contributed by atoms with E-state index in [0.717, 1.165) is 32.1 Å².